The molecule has 172 valence electrons. The van der Waals surface area contributed by atoms with Crippen molar-refractivity contribution in [3.05, 3.63) is 81.2 Å². The lowest BCUT2D eigenvalue weighted by atomic mass is 9.65. The van der Waals surface area contributed by atoms with Gasteiger partial charge in [-0.1, -0.05) is 59.2 Å². The number of hydrogen-bond acceptors (Lipinski definition) is 5. The second-order valence-corrected chi connectivity index (χ2v) is 9.08. The van der Waals surface area contributed by atoms with Crippen LogP contribution >= 0.6 is 11.6 Å². The van der Waals surface area contributed by atoms with E-state index >= 15 is 0 Å². The summed E-state index contributed by atoms with van der Waals surface area (Å²) in [5, 5.41) is 4.54. The van der Waals surface area contributed by atoms with Crippen molar-refractivity contribution >= 4 is 23.6 Å². The number of carbonyl (C=O) groups excluding carboxylic acids is 2. The summed E-state index contributed by atoms with van der Waals surface area (Å²) in [5.41, 5.74) is 10.2. The van der Waals surface area contributed by atoms with Gasteiger partial charge in [-0.15, -0.1) is 0 Å². The zero-order valence-corrected chi connectivity index (χ0v) is 19.2. The normalized spacial score (nSPS) is 28.0. The molecule has 2 amide bonds. The Balaban J connectivity index is 1.81. The minimum absolute atomic E-state index is 0.0431. The molecule has 0 aromatic heterocycles. The van der Waals surface area contributed by atoms with Crippen LogP contribution in [0.15, 0.2) is 59.7 Å². The second kappa shape index (κ2) is 9.43. The summed E-state index contributed by atoms with van der Waals surface area (Å²) < 4.78 is 11.2. The molecule has 0 radical (unpaired) electrons. The Hall–Kier alpha value is -3.06. The van der Waals surface area contributed by atoms with E-state index in [2.05, 4.69) is 10.0 Å². The average Bonchev–Trinajstić information content (AvgIpc) is 3.18. The van der Waals surface area contributed by atoms with Crippen molar-refractivity contribution in [2.75, 3.05) is 6.61 Å². The highest BCUT2D eigenvalue weighted by Gasteiger charge is 2.52. The van der Waals surface area contributed by atoms with Crippen molar-refractivity contribution < 1.29 is 19.1 Å². The van der Waals surface area contributed by atoms with Crippen molar-refractivity contribution in [3.63, 3.8) is 0 Å². The maximum absolute atomic E-state index is 14.0. The first-order chi connectivity index (χ1) is 15.9. The van der Waals surface area contributed by atoms with Gasteiger partial charge in [0.25, 0.3) is 0 Å². The zero-order valence-electron chi connectivity index (χ0n) is 18.4. The fourth-order valence-corrected chi connectivity index (χ4v) is 5.29. The number of azide groups is 1. The van der Waals surface area contributed by atoms with Crippen molar-refractivity contribution in [1.29, 1.82) is 0 Å². The molecule has 2 saturated heterocycles. The van der Waals surface area contributed by atoms with Crippen LogP contribution in [0.25, 0.3) is 10.4 Å². The Kier molecular flexibility index (Phi) is 6.61. The van der Waals surface area contributed by atoms with Crippen LogP contribution < -0.4 is 0 Å². The van der Waals surface area contributed by atoms with Gasteiger partial charge in [-0.2, -0.15) is 0 Å². The van der Waals surface area contributed by atoms with Gasteiger partial charge < -0.3 is 9.47 Å². The number of carbonyl (C=O) groups is 2. The summed E-state index contributed by atoms with van der Waals surface area (Å²) in [4.78, 5) is 30.8. The molecule has 2 aliphatic heterocycles. The zero-order chi connectivity index (χ0) is 23.6. The number of benzene rings is 2. The highest BCUT2D eigenvalue weighted by molar-refractivity contribution is 6.30. The molecule has 0 saturated carbocycles. The molecule has 33 heavy (non-hydrogen) atoms. The van der Waals surface area contributed by atoms with E-state index < -0.39 is 29.5 Å². The number of ether oxygens (including phenoxy) is 2. The summed E-state index contributed by atoms with van der Waals surface area (Å²) in [6.45, 7) is 3.89. The van der Waals surface area contributed by atoms with E-state index in [1.165, 1.54) is 0 Å². The first-order valence-electron chi connectivity index (χ1n) is 10.9. The monoisotopic (exact) mass is 468 g/mol. The molecular formula is C24H25ClN4O4. The molecule has 2 fully saturated rings. The number of imide groups is 1. The number of cyclic esters (lactones) is 1. The van der Waals surface area contributed by atoms with Crippen LogP contribution in [-0.2, 0) is 19.7 Å². The summed E-state index contributed by atoms with van der Waals surface area (Å²) >= 11 is 6.12. The third-order valence-corrected chi connectivity index (χ3v) is 6.66. The molecule has 2 aliphatic rings. The first-order valence-corrected chi connectivity index (χ1v) is 11.2. The first kappa shape index (κ1) is 23.1. The van der Waals surface area contributed by atoms with Crippen LogP contribution in [0.2, 0.25) is 5.02 Å². The van der Waals surface area contributed by atoms with Gasteiger partial charge in [0.1, 0.15) is 18.7 Å². The van der Waals surface area contributed by atoms with Gasteiger partial charge in [0, 0.05) is 15.3 Å². The minimum Gasteiger partial charge on any atom is -0.446 e. The van der Waals surface area contributed by atoms with Crippen molar-refractivity contribution in [1.82, 2.24) is 4.90 Å². The molecule has 8 nitrogen and oxygen atoms in total. The minimum atomic E-state index is -1.17. The molecule has 0 bridgehead atoms. The third-order valence-electron chi connectivity index (χ3n) is 6.41. The highest BCUT2D eigenvalue weighted by atomic mass is 35.5. The number of amides is 2. The Bertz CT molecular complexity index is 1060. The topological polar surface area (TPSA) is 105 Å². The van der Waals surface area contributed by atoms with Crippen LogP contribution in [-0.4, -0.2) is 41.8 Å². The van der Waals surface area contributed by atoms with Crippen LogP contribution in [0, 0.1) is 0 Å². The van der Waals surface area contributed by atoms with Gasteiger partial charge in [-0.3, -0.25) is 4.79 Å². The quantitative estimate of drug-likeness (QED) is 0.325. The van der Waals surface area contributed by atoms with E-state index in [4.69, 9.17) is 21.1 Å². The fraction of sp³-hybridized carbons (Fsp3) is 0.417. The molecule has 0 spiro atoms. The molecule has 3 unspecified atom stereocenters. The van der Waals surface area contributed by atoms with Crippen molar-refractivity contribution in [2.24, 2.45) is 5.11 Å². The molecule has 2 heterocycles. The Morgan fingerprint density at radius 2 is 1.79 bits per heavy atom. The maximum atomic E-state index is 14.0. The van der Waals surface area contributed by atoms with Gasteiger partial charge in [0.05, 0.1) is 12.2 Å². The smallest absolute Gasteiger partial charge is 0.417 e. The summed E-state index contributed by atoms with van der Waals surface area (Å²) in [7, 11) is 0. The molecular weight excluding hydrogens is 444 g/mol. The van der Waals surface area contributed by atoms with Gasteiger partial charge in [0.2, 0.25) is 5.91 Å². The Morgan fingerprint density at radius 1 is 1.15 bits per heavy atom. The SMILES string of the molecule is C[C@@H]1CC(c2ccc(Cl)cc2)(C(N=[N+]=[N-])C(=O)N2C(=O)OCC2c2ccccc2)C[C@H](C)O1. The molecule has 0 N–H and O–H groups in total. The fourth-order valence-electron chi connectivity index (χ4n) is 5.17. The summed E-state index contributed by atoms with van der Waals surface area (Å²) in [6, 6.07) is 14.6. The molecule has 5 atom stereocenters. The standard InChI is InChI=1S/C24H25ClN4O4/c1-15-12-24(13-16(2)33-15,18-8-10-19(25)11-9-18)21(27-28-26)22(30)29-20(14-32-23(29)31)17-6-4-3-5-7-17/h3-11,15-16,20-21H,12-14H2,1-2H3/t15-,16+,20?,21?,24?. The Labute approximate surface area is 197 Å². The van der Waals surface area contributed by atoms with Crippen LogP contribution in [0.5, 0.6) is 0 Å². The number of rotatable bonds is 5. The highest BCUT2D eigenvalue weighted by Crippen LogP contribution is 2.45. The Morgan fingerprint density at radius 3 is 2.39 bits per heavy atom. The summed E-state index contributed by atoms with van der Waals surface area (Å²) in [6.07, 6.45) is -0.250. The number of hydrogen-bond donors (Lipinski definition) is 0. The van der Waals surface area contributed by atoms with Crippen LogP contribution in [0.3, 0.4) is 0 Å². The van der Waals surface area contributed by atoms with E-state index in [0.29, 0.717) is 17.9 Å². The van der Waals surface area contributed by atoms with Gasteiger partial charge in [-0.25, -0.2) is 9.69 Å². The van der Waals surface area contributed by atoms with Crippen molar-refractivity contribution in [2.45, 2.75) is 56.4 Å². The molecule has 2 aromatic carbocycles. The lowest BCUT2D eigenvalue weighted by molar-refractivity contribution is -0.136. The molecule has 4 rings (SSSR count). The van der Waals surface area contributed by atoms with Gasteiger partial charge in [0.15, 0.2) is 0 Å². The van der Waals surface area contributed by atoms with E-state index in [1.54, 1.807) is 12.1 Å². The lowest BCUT2D eigenvalue weighted by Gasteiger charge is -2.46. The van der Waals surface area contributed by atoms with Crippen LogP contribution in [0.1, 0.15) is 43.9 Å². The predicted octanol–water partition coefficient (Wildman–Crippen LogP) is 5.56. The summed E-state index contributed by atoms with van der Waals surface area (Å²) in [5.74, 6) is -0.583. The third kappa shape index (κ3) is 4.42. The molecule has 0 aliphatic carbocycles. The second-order valence-electron chi connectivity index (χ2n) is 8.65. The molecule has 2 aromatic rings. The average molecular weight is 469 g/mol. The number of nitrogens with zero attached hydrogens (tertiary/aromatic N) is 4. The van der Waals surface area contributed by atoms with E-state index in [9.17, 15) is 15.1 Å². The predicted molar refractivity (Wildman–Crippen MR) is 123 cm³/mol. The maximum Gasteiger partial charge on any atom is 0.417 e. The van der Waals surface area contributed by atoms with Crippen LogP contribution in [0.4, 0.5) is 4.79 Å². The van der Waals surface area contributed by atoms with E-state index in [-0.39, 0.29) is 18.8 Å². The van der Waals surface area contributed by atoms with E-state index in [1.807, 2.05) is 56.3 Å². The van der Waals surface area contributed by atoms with E-state index in [0.717, 1.165) is 16.0 Å². The largest absolute Gasteiger partial charge is 0.446 e. The molecule has 9 heteroatoms. The van der Waals surface area contributed by atoms with Gasteiger partial charge >= 0.3 is 6.09 Å². The van der Waals surface area contributed by atoms with Gasteiger partial charge in [-0.05, 0) is 55.5 Å². The lowest BCUT2D eigenvalue weighted by Crippen LogP contribution is -2.55. The van der Waals surface area contributed by atoms with Crippen molar-refractivity contribution in [3.8, 4) is 0 Å². The number of halogens is 1.